The summed E-state index contributed by atoms with van der Waals surface area (Å²) in [5.74, 6) is 0.523. The zero-order valence-corrected chi connectivity index (χ0v) is 24.9. The number of carbonyl (C=O) groups excluding carboxylic acids is 1. The maximum atomic E-state index is 12.8. The van der Waals surface area contributed by atoms with Crippen molar-refractivity contribution in [2.45, 2.75) is 40.0 Å². The van der Waals surface area contributed by atoms with Gasteiger partial charge in [-0.15, -0.1) is 5.10 Å². The van der Waals surface area contributed by atoms with E-state index < -0.39 is 0 Å². The van der Waals surface area contributed by atoms with Crippen LogP contribution in [0.1, 0.15) is 45.6 Å². The lowest BCUT2D eigenvalue weighted by atomic mass is 9.70. The molecule has 1 amide bonds. The number of carbonyl (C=O) groups is 1. The molecule has 2 bridgehead atoms. The Morgan fingerprint density at radius 2 is 1.62 bits per heavy atom. The van der Waals surface area contributed by atoms with Crippen LogP contribution in [0.5, 0.6) is 0 Å². The SMILES string of the molecule is CC12CCC(CC1=N/N=C1\NC(=O)C(=Cc3ccc(-n4nc(-c5ccccc5)cc4-c4ccccc4)cc3)S1)C2(C)C. The Balaban J connectivity index is 1.13. The minimum atomic E-state index is -0.145. The number of benzene rings is 3. The minimum absolute atomic E-state index is 0.0895. The van der Waals surface area contributed by atoms with Crippen molar-refractivity contribution < 1.29 is 4.79 Å². The van der Waals surface area contributed by atoms with E-state index in [4.69, 9.17) is 5.10 Å². The molecule has 6 nitrogen and oxygen atoms in total. The van der Waals surface area contributed by atoms with Gasteiger partial charge in [-0.2, -0.15) is 10.2 Å². The molecule has 1 aliphatic heterocycles. The quantitative estimate of drug-likeness (QED) is 0.195. The van der Waals surface area contributed by atoms with Gasteiger partial charge >= 0.3 is 0 Å². The second-order valence-corrected chi connectivity index (χ2v) is 13.2. The molecule has 7 heteroatoms. The second kappa shape index (κ2) is 10.2. The van der Waals surface area contributed by atoms with Crippen molar-refractivity contribution in [1.29, 1.82) is 0 Å². The first kappa shape index (κ1) is 26.7. The van der Waals surface area contributed by atoms with Crippen LogP contribution in [-0.4, -0.2) is 26.6 Å². The number of nitrogens with one attached hydrogen (secondary N) is 1. The van der Waals surface area contributed by atoms with Crippen LogP contribution in [0, 0.1) is 16.7 Å². The number of rotatable bonds is 5. The first-order valence-corrected chi connectivity index (χ1v) is 15.3. The van der Waals surface area contributed by atoms with E-state index in [9.17, 15) is 4.79 Å². The zero-order valence-electron chi connectivity index (χ0n) is 24.0. The molecule has 2 aliphatic carbocycles. The summed E-state index contributed by atoms with van der Waals surface area (Å²) in [6, 6.07) is 30.7. The van der Waals surface area contributed by atoms with Crippen molar-refractivity contribution in [3.8, 4) is 28.2 Å². The van der Waals surface area contributed by atoms with E-state index in [0.29, 0.717) is 16.0 Å². The molecule has 2 unspecified atom stereocenters. The topological polar surface area (TPSA) is 71.6 Å². The van der Waals surface area contributed by atoms with Crippen LogP contribution in [0.25, 0.3) is 34.3 Å². The summed E-state index contributed by atoms with van der Waals surface area (Å²) in [6.07, 6.45) is 5.33. The smallest absolute Gasteiger partial charge is 0.264 e. The van der Waals surface area contributed by atoms with Gasteiger partial charge in [0.1, 0.15) is 0 Å². The number of amidine groups is 1. The highest BCUT2D eigenvalue weighted by Crippen LogP contribution is 2.64. The number of aromatic nitrogens is 2. The largest absolute Gasteiger partial charge is 0.299 e. The van der Waals surface area contributed by atoms with Gasteiger partial charge in [-0.1, -0.05) is 93.6 Å². The molecule has 0 spiro atoms. The van der Waals surface area contributed by atoms with E-state index in [1.54, 1.807) is 0 Å². The molecule has 3 aromatic carbocycles. The molecule has 1 aromatic heterocycles. The van der Waals surface area contributed by atoms with Gasteiger partial charge in [-0.05, 0) is 72.2 Å². The van der Waals surface area contributed by atoms with Crippen LogP contribution in [0.3, 0.4) is 0 Å². The van der Waals surface area contributed by atoms with Crippen LogP contribution < -0.4 is 5.32 Å². The van der Waals surface area contributed by atoms with E-state index in [2.05, 4.69) is 66.6 Å². The maximum Gasteiger partial charge on any atom is 0.264 e. The Morgan fingerprint density at radius 3 is 2.26 bits per heavy atom. The second-order valence-electron chi connectivity index (χ2n) is 12.2. The highest BCUT2D eigenvalue weighted by Gasteiger charge is 2.60. The Labute approximate surface area is 250 Å². The Kier molecular flexibility index (Phi) is 6.50. The summed E-state index contributed by atoms with van der Waals surface area (Å²) in [5, 5.41) is 17.5. The highest BCUT2D eigenvalue weighted by atomic mass is 32.2. The molecule has 2 saturated carbocycles. The number of hydrogen-bond acceptors (Lipinski definition) is 5. The van der Waals surface area contributed by atoms with Crippen LogP contribution in [0.4, 0.5) is 0 Å². The van der Waals surface area contributed by atoms with E-state index in [0.717, 1.165) is 46.6 Å². The first-order chi connectivity index (χ1) is 20.3. The lowest BCUT2D eigenvalue weighted by Gasteiger charge is -2.34. The number of thioether (sulfide) groups is 1. The van der Waals surface area contributed by atoms with Crippen LogP contribution in [0.2, 0.25) is 0 Å². The zero-order chi connectivity index (χ0) is 28.9. The Hall–Kier alpha value is -4.23. The van der Waals surface area contributed by atoms with Crippen molar-refractivity contribution >= 4 is 34.6 Å². The van der Waals surface area contributed by atoms with Gasteiger partial charge in [0, 0.05) is 22.3 Å². The van der Waals surface area contributed by atoms with E-state index >= 15 is 0 Å². The molecule has 1 N–H and O–H groups in total. The van der Waals surface area contributed by atoms with Gasteiger partial charge in [0.25, 0.3) is 5.91 Å². The fraction of sp³-hybridized carbons (Fsp3) is 0.257. The third-order valence-electron chi connectivity index (χ3n) is 9.71. The number of amides is 1. The monoisotopic (exact) mass is 571 g/mol. The predicted molar refractivity (Wildman–Crippen MR) is 172 cm³/mol. The molecule has 3 aliphatic rings. The number of hydrogen-bond donors (Lipinski definition) is 1. The lowest BCUT2D eigenvalue weighted by molar-refractivity contribution is -0.115. The Morgan fingerprint density at radius 1 is 0.929 bits per heavy atom. The van der Waals surface area contributed by atoms with Crippen LogP contribution in [-0.2, 0) is 4.79 Å². The summed E-state index contributed by atoms with van der Waals surface area (Å²) >= 11 is 1.34. The van der Waals surface area contributed by atoms with Crippen molar-refractivity contribution in [1.82, 2.24) is 15.1 Å². The summed E-state index contributed by atoms with van der Waals surface area (Å²) in [5.41, 5.74) is 7.48. The first-order valence-electron chi connectivity index (χ1n) is 14.5. The van der Waals surface area contributed by atoms with Crippen LogP contribution >= 0.6 is 11.8 Å². The van der Waals surface area contributed by atoms with Gasteiger partial charge in [0.05, 0.1) is 22.0 Å². The molecular weight excluding hydrogens is 538 g/mol. The molecular formula is C35H33N5OS. The third-order valence-corrected chi connectivity index (χ3v) is 10.6. The van der Waals surface area contributed by atoms with Crippen molar-refractivity contribution in [3.63, 3.8) is 0 Å². The lowest BCUT2D eigenvalue weighted by Crippen LogP contribution is -2.32. The average Bonchev–Trinajstić information content (AvgIpc) is 3.71. The average molecular weight is 572 g/mol. The van der Waals surface area contributed by atoms with E-state index in [-0.39, 0.29) is 16.7 Å². The summed E-state index contributed by atoms with van der Waals surface area (Å²) in [4.78, 5) is 13.4. The summed E-state index contributed by atoms with van der Waals surface area (Å²) in [6.45, 7) is 7.04. The van der Waals surface area contributed by atoms with Gasteiger partial charge in [-0.3, -0.25) is 10.1 Å². The summed E-state index contributed by atoms with van der Waals surface area (Å²) < 4.78 is 1.98. The number of nitrogens with zero attached hydrogens (tertiary/aromatic N) is 4. The third kappa shape index (κ3) is 4.52. The molecule has 2 heterocycles. The standard InChI is InChI=1S/C35H33N5OS/c1-34(2)26-18-19-35(34,3)31(21-26)37-38-33-36-32(41)30(42-33)20-23-14-16-27(17-15-23)40-29(25-12-8-5-9-13-25)22-28(39-40)24-10-6-4-7-11-24/h4-17,20,22,26H,18-19,21H2,1-3H3,(H,36,38,41). The van der Waals surface area contributed by atoms with E-state index in [1.165, 1.54) is 23.9 Å². The summed E-state index contributed by atoms with van der Waals surface area (Å²) in [7, 11) is 0. The molecule has 42 heavy (non-hydrogen) atoms. The highest BCUT2D eigenvalue weighted by molar-refractivity contribution is 8.18. The molecule has 210 valence electrons. The van der Waals surface area contributed by atoms with Gasteiger partial charge < -0.3 is 0 Å². The van der Waals surface area contributed by atoms with Gasteiger partial charge in [0.2, 0.25) is 0 Å². The molecule has 7 rings (SSSR count). The predicted octanol–water partition coefficient (Wildman–Crippen LogP) is 7.97. The van der Waals surface area contributed by atoms with Crippen molar-refractivity contribution in [2.24, 2.45) is 27.0 Å². The number of fused-ring (bicyclic) bond motifs is 2. The van der Waals surface area contributed by atoms with Crippen LogP contribution in [0.15, 0.2) is 106 Å². The fourth-order valence-electron chi connectivity index (χ4n) is 6.67. The van der Waals surface area contributed by atoms with Crippen molar-refractivity contribution in [2.75, 3.05) is 0 Å². The molecule has 3 fully saturated rings. The Bertz CT molecular complexity index is 1750. The normalized spacial score (nSPS) is 25.5. The fourth-order valence-corrected chi connectivity index (χ4v) is 7.44. The molecule has 1 saturated heterocycles. The molecule has 0 radical (unpaired) electrons. The maximum absolute atomic E-state index is 12.8. The van der Waals surface area contributed by atoms with Gasteiger partial charge in [0.15, 0.2) is 5.17 Å². The molecule has 4 aromatic rings. The minimum Gasteiger partial charge on any atom is -0.299 e. The van der Waals surface area contributed by atoms with Gasteiger partial charge in [-0.25, -0.2) is 4.68 Å². The van der Waals surface area contributed by atoms with E-state index in [1.807, 2.05) is 71.4 Å². The van der Waals surface area contributed by atoms with Crippen molar-refractivity contribution in [3.05, 3.63) is 101 Å². The molecule has 2 atom stereocenters.